The third kappa shape index (κ3) is 2.66. The van der Waals surface area contributed by atoms with Gasteiger partial charge in [0.25, 0.3) is 5.91 Å². The summed E-state index contributed by atoms with van der Waals surface area (Å²) in [6, 6.07) is 19.8. The summed E-state index contributed by atoms with van der Waals surface area (Å²) >= 11 is 0. The lowest BCUT2D eigenvalue weighted by Gasteiger charge is -2.11. The predicted octanol–water partition coefficient (Wildman–Crippen LogP) is 3.96. The van der Waals surface area contributed by atoms with Gasteiger partial charge in [0.2, 0.25) is 0 Å². The first-order valence-electron chi connectivity index (χ1n) is 7.82. The molecule has 0 fully saturated rings. The minimum atomic E-state index is -0.146. The normalized spacial score (nSPS) is 12.3. The van der Waals surface area contributed by atoms with Crippen molar-refractivity contribution in [2.75, 3.05) is 11.9 Å². The Morgan fingerprint density at radius 1 is 0.913 bits per heavy atom. The summed E-state index contributed by atoms with van der Waals surface area (Å²) in [4.78, 5) is 12.2. The van der Waals surface area contributed by atoms with Crippen molar-refractivity contribution in [3.63, 3.8) is 0 Å². The lowest BCUT2D eigenvalue weighted by molar-refractivity contribution is -0.118. The van der Waals surface area contributed by atoms with E-state index in [4.69, 9.17) is 4.74 Å². The number of aryl methyl sites for hydroxylation is 2. The van der Waals surface area contributed by atoms with Gasteiger partial charge in [-0.2, -0.15) is 0 Å². The van der Waals surface area contributed by atoms with Gasteiger partial charge in [-0.1, -0.05) is 42.5 Å². The largest absolute Gasteiger partial charge is 0.484 e. The van der Waals surface area contributed by atoms with Gasteiger partial charge in [0.05, 0.1) is 0 Å². The Kier molecular flexibility index (Phi) is 3.46. The maximum atomic E-state index is 12.2. The molecule has 3 aromatic carbocycles. The predicted molar refractivity (Wildman–Crippen MR) is 91.9 cm³/mol. The number of nitrogens with one attached hydrogen (secondary N) is 1. The van der Waals surface area contributed by atoms with Crippen LogP contribution in [-0.2, 0) is 17.6 Å². The number of para-hydroxylation sites is 1. The Hall–Kier alpha value is -2.81. The van der Waals surface area contributed by atoms with Crippen LogP contribution in [0.15, 0.2) is 60.7 Å². The number of ether oxygens (including phenoxy) is 1. The number of carbonyl (C=O) groups is 1. The van der Waals surface area contributed by atoms with E-state index in [0.29, 0.717) is 5.75 Å². The molecular weight excluding hydrogens is 286 g/mol. The summed E-state index contributed by atoms with van der Waals surface area (Å²) in [6.07, 6.45) is 2.17. The van der Waals surface area contributed by atoms with Crippen molar-refractivity contribution in [3.8, 4) is 5.75 Å². The summed E-state index contributed by atoms with van der Waals surface area (Å²) in [6.45, 7) is 0.00689. The number of hydrogen-bond donors (Lipinski definition) is 1. The molecule has 0 saturated carbocycles. The van der Waals surface area contributed by atoms with E-state index in [-0.39, 0.29) is 12.5 Å². The van der Waals surface area contributed by atoms with Crippen LogP contribution in [0.25, 0.3) is 10.8 Å². The first-order chi connectivity index (χ1) is 11.3. The van der Waals surface area contributed by atoms with Crippen molar-refractivity contribution < 1.29 is 9.53 Å². The Labute approximate surface area is 134 Å². The summed E-state index contributed by atoms with van der Waals surface area (Å²) in [5.41, 5.74) is 3.59. The van der Waals surface area contributed by atoms with Crippen molar-refractivity contribution in [2.45, 2.75) is 12.8 Å². The molecule has 4 rings (SSSR count). The number of anilines is 1. The third-order valence-electron chi connectivity index (χ3n) is 4.26. The van der Waals surface area contributed by atoms with E-state index < -0.39 is 0 Å². The average Bonchev–Trinajstić information content (AvgIpc) is 3.01. The van der Waals surface area contributed by atoms with Crippen LogP contribution < -0.4 is 10.1 Å². The summed E-state index contributed by atoms with van der Waals surface area (Å²) in [5.74, 6) is 0.551. The van der Waals surface area contributed by atoms with E-state index in [2.05, 4.69) is 29.6 Å². The van der Waals surface area contributed by atoms with Gasteiger partial charge >= 0.3 is 0 Å². The van der Waals surface area contributed by atoms with Crippen LogP contribution >= 0.6 is 0 Å². The molecule has 0 aromatic heterocycles. The fourth-order valence-corrected chi connectivity index (χ4v) is 3.21. The van der Waals surface area contributed by atoms with Gasteiger partial charge in [-0.25, -0.2) is 0 Å². The molecule has 1 aliphatic rings. The quantitative estimate of drug-likeness (QED) is 0.792. The molecule has 0 heterocycles. The molecule has 3 nitrogen and oxygen atoms in total. The van der Waals surface area contributed by atoms with Gasteiger partial charge in [0, 0.05) is 11.1 Å². The van der Waals surface area contributed by atoms with E-state index in [9.17, 15) is 4.79 Å². The molecule has 1 N–H and O–H groups in total. The molecule has 1 amide bonds. The number of carbonyl (C=O) groups excluding carboxylic acids is 1. The van der Waals surface area contributed by atoms with Crippen molar-refractivity contribution in [1.82, 2.24) is 0 Å². The molecule has 3 aromatic rings. The number of hydrogen-bond acceptors (Lipinski definition) is 2. The maximum Gasteiger partial charge on any atom is 0.262 e. The first-order valence-corrected chi connectivity index (χ1v) is 7.82. The van der Waals surface area contributed by atoms with Crippen LogP contribution in [-0.4, -0.2) is 12.5 Å². The zero-order valence-electron chi connectivity index (χ0n) is 12.7. The molecule has 23 heavy (non-hydrogen) atoms. The smallest absolute Gasteiger partial charge is 0.262 e. The van der Waals surface area contributed by atoms with Gasteiger partial charge in [-0.3, -0.25) is 4.79 Å². The molecule has 0 atom stereocenters. The first kappa shape index (κ1) is 13.8. The third-order valence-corrected chi connectivity index (χ3v) is 4.26. The van der Waals surface area contributed by atoms with Gasteiger partial charge in [-0.15, -0.1) is 0 Å². The van der Waals surface area contributed by atoms with Crippen LogP contribution in [0, 0.1) is 0 Å². The summed E-state index contributed by atoms with van der Waals surface area (Å²) < 4.78 is 5.50. The standard InChI is InChI=1S/C20H17NO2/c22-19(13-23-16-6-2-1-3-7-16)21-18-12-11-15-10-9-14-5-4-8-17(18)20(14)15/h1-8,11-12H,9-10,13H2,(H,21,22). The van der Waals surface area contributed by atoms with Gasteiger partial charge in [0.1, 0.15) is 5.75 Å². The fraction of sp³-hybridized carbons (Fsp3) is 0.150. The molecule has 0 unspecified atom stereocenters. The van der Waals surface area contributed by atoms with E-state index in [0.717, 1.165) is 23.9 Å². The van der Waals surface area contributed by atoms with E-state index in [1.807, 2.05) is 36.4 Å². The van der Waals surface area contributed by atoms with E-state index >= 15 is 0 Å². The molecular formula is C20H17NO2. The minimum Gasteiger partial charge on any atom is -0.484 e. The topological polar surface area (TPSA) is 38.3 Å². The lowest BCUT2D eigenvalue weighted by Crippen LogP contribution is -2.20. The highest BCUT2D eigenvalue weighted by atomic mass is 16.5. The average molecular weight is 303 g/mol. The van der Waals surface area contributed by atoms with Crippen molar-refractivity contribution in [1.29, 1.82) is 0 Å². The van der Waals surface area contributed by atoms with Crippen molar-refractivity contribution >= 4 is 22.4 Å². The Morgan fingerprint density at radius 2 is 1.70 bits per heavy atom. The highest BCUT2D eigenvalue weighted by Crippen LogP contribution is 2.34. The molecule has 3 heteroatoms. The Balaban J connectivity index is 1.53. The SMILES string of the molecule is O=C(COc1ccccc1)Nc1ccc2c3c(cccc13)CC2. The van der Waals surface area contributed by atoms with Crippen LogP contribution in [0.3, 0.4) is 0 Å². The van der Waals surface area contributed by atoms with Gasteiger partial charge in [-0.05, 0) is 47.6 Å². The molecule has 0 radical (unpaired) electrons. The van der Waals surface area contributed by atoms with Crippen LogP contribution in [0.1, 0.15) is 11.1 Å². The number of amides is 1. The molecule has 0 aliphatic heterocycles. The molecule has 0 bridgehead atoms. The highest BCUT2D eigenvalue weighted by Gasteiger charge is 2.16. The lowest BCUT2D eigenvalue weighted by atomic mass is 10.0. The van der Waals surface area contributed by atoms with Crippen LogP contribution in [0.4, 0.5) is 5.69 Å². The second kappa shape index (κ2) is 5.76. The number of rotatable bonds is 4. The molecule has 0 spiro atoms. The zero-order chi connectivity index (χ0) is 15.6. The second-order valence-corrected chi connectivity index (χ2v) is 5.76. The molecule has 0 saturated heterocycles. The van der Waals surface area contributed by atoms with Crippen LogP contribution in [0.2, 0.25) is 0 Å². The zero-order valence-corrected chi connectivity index (χ0v) is 12.7. The fourth-order valence-electron chi connectivity index (χ4n) is 3.21. The molecule has 1 aliphatic carbocycles. The monoisotopic (exact) mass is 303 g/mol. The summed E-state index contributed by atoms with van der Waals surface area (Å²) in [5, 5.41) is 5.39. The van der Waals surface area contributed by atoms with Crippen LogP contribution in [0.5, 0.6) is 5.75 Å². The van der Waals surface area contributed by atoms with E-state index in [1.54, 1.807) is 0 Å². The van der Waals surface area contributed by atoms with Gasteiger partial charge < -0.3 is 10.1 Å². The van der Waals surface area contributed by atoms with Crippen molar-refractivity contribution in [3.05, 3.63) is 71.8 Å². The molecule has 114 valence electrons. The Bertz CT molecular complexity index is 861. The highest BCUT2D eigenvalue weighted by molar-refractivity contribution is 6.05. The number of benzene rings is 3. The van der Waals surface area contributed by atoms with Gasteiger partial charge in [0.15, 0.2) is 6.61 Å². The Morgan fingerprint density at radius 3 is 2.52 bits per heavy atom. The summed E-state index contributed by atoms with van der Waals surface area (Å²) in [7, 11) is 0. The van der Waals surface area contributed by atoms with Crippen molar-refractivity contribution in [2.24, 2.45) is 0 Å². The second-order valence-electron chi connectivity index (χ2n) is 5.76. The van der Waals surface area contributed by atoms with E-state index in [1.165, 1.54) is 16.5 Å². The maximum absolute atomic E-state index is 12.2. The minimum absolute atomic E-state index is 0.00689.